The van der Waals surface area contributed by atoms with Crippen LogP contribution in [-0.2, 0) is 7.05 Å². The van der Waals surface area contributed by atoms with Crippen molar-refractivity contribution >= 4 is 33.5 Å². The van der Waals surface area contributed by atoms with Crippen LogP contribution >= 0.6 is 11.6 Å². The van der Waals surface area contributed by atoms with Gasteiger partial charge in [0.05, 0.1) is 29.3 Å². The van der Waals surface area contributed by atoms with E-state index in [4.69, 9.17) is 21.1 Å². The minimum absolute atomic E-state index is 0.0338. The summed E-state index contributed by atoms with van der Waals surface area (Å²) in [6, 6.07) is 14.9. The van der Waals surface area contributed by atoms with Gasteiger partial charge in [0.15, 0.2) is 6.61 Å². The standard InChI is InChI=1S/C24H18ClF2N5O3/c1-31-24(34-2)16-11-15(7-8-17(16)29-31)32-23(33)21(13-3-5-14(25)6-4-13)22-18(30-32)9-10-20(28-22)35-12-19(26)27/h3-11,19H,12H2,1-2H3. The maximum absolute atomic E-state index is 13.8. The molecule has 3 heterocycles. The first-order valence-corrected chi connectivity index (χ1v) is 10.9. The molecule has 5 rings (SSSR count). The minimum Gasteiger partial charge on any atom is -0.481 e. The molecule has 5 aromatic rings. The second kappa shape index (κ2) is 8.95. The van der Waals surface area contributed by atoms with E-state index >= 15 is 0 Å². The lowest BCUT2D eigenvalue weighted by Gasteiger charge is -2.12. The van der Waals surface area contributed by atoms with Crippen molar-refractivity contribution in [2.45, 2.75) is 6.43 Å². The molecule has 0 N–H and O–H groups in total. The number of hydrogen-bond acceptors (Lipinski definition) is 6. The van der Waals surface area contributed by atoms with Crippen molar-refractivity contribution in [2.24, 2.45) is 7.05 Å². The molecule has 0 aliphatic carbocycles. The van der Waals surface area contributed by atoms with Crippen molar-refractivity contribution in [1.82, 2.24) is 24.5 Å². The zero-order valence-corrected chi connectivity index (χ0v) is 19.3. The monoisotopic (exact) mass is 497 g/mol. The van der Waals surface area contributed by atoms with Crippen LogP contribution in [0.25, 0.3) is 38.8 Å². The Morgan fingerprint density at radius 2 is 1.77 bits per heavy atom. The van der Waals surface area contributed by atoms with Gasteiger partial charge in [0.1, 0.15) is 11.0 Å². The Kier molecular flexibility index (Phi) is 5.81. The zero-order valence-electron chi connectivity index (χ0n) is 18.6. The van der Waals surface area contributed by atoms with E-state index < -0.39 is 18.6 Å². The van der Waals surface area contributed by atoms with Crippen molar-refractivity contribution in [1.29, 1.82) is 0 Å². The van der Waals surface area contributed by atoms with E-state index in [9.17, 15) is 13.6 Å². The van der Waals surface area contributed by atoms with Crippen molar-refractivity contribution in [3.63, 3.8) is 0 Å². The quantitative estimate of drug-likeness (QED) is 0.340. The lowest BCUT2D eigenvalue weighted by atomic mass is 10.1. The molecule has 0 saturated carbocycles. The normalized spacial score (nSPS) is 11.5. The van der Waals surface area contributed by atoms with Gasteiger partial charge in [-0.2, -0.15) is 14.9 Å². The number of methoxy groups -OCH3 is 1. The highest BCUT2D eigenvalue weighted by atomic mass is 35.5. The van der Waals surface area contributed by atoms with Gasteiger partial charge >= 0.3 is 0 Å². The van der Waals surface area contributed by atoms with Gasteiger partial charge in [-0.25, -0.2) is 18.4 Å². The lowest BCUT2D eigenvalue weighted by Crippen LogP contribution is -2.23. The Hall–Kier alpha value is -4.05. The molecule has 0 saturated heterocycles. The molecule has 35 heavy (non-hydrogen) atoms. The summed E-state index contributed by atoms with van der Waals surface area (Å²) in [6.45, 7) is -0.813. The molecule has 0 radical (unpaired) electrons. The fraction of sp³-hybridized carbons (Fsp3) is 0.167. The summed E-state index contributed by atoms with van der Waals surface area (Å²) in [6.07, 6.45) is -2.66. The third-order valence-electron chi connectivity index (χ3n) is 5.39. The maximum atomic E-state index is 13.8. The van der Waals surface area contributed by atoms with E-state index in [1.807, 2.05) is 0 Å². The molecule has 2 aromatic carbocycles. The highest BCUT2D eigenvalue weighted by Gasteiger charge is 2.19. The molecule has 0 bridgehead atoms. The third kappa shape index (κ3) is 4.17. The molecular weight excluding hydrogens is 480 g/mol. The van der Waals surface area contributed by atoms with Gasteiger partial charge in [0.2, 0.25) is 11.8 Å². The predicted octanol–water partition coefficient (Wildman–Crippen LogP) is 4.64. The summed E-state index contributed by atoms with van der Waals surface area (Å²) in [7, 11) is 3.30. The van der Waals surface area contributed by atoms with Crippen molar-refractivity contribution < 1.29 is 18.3 Å². The second-order valence-electron chi connectivity index (χ2n) is 7.65. The Labute approximate surface area is 202 Å². The van der Waals surface area contributed by atoms with E-state index in [1.54, 1.807) is 67.4 Å². The molecule has 3 aromatic heterocycles. The average Bonchev–Trinajstić information content (AvgIpc) is 3.17. The number of rotatable bonds is 6. The summed E-state index contributed by atoms with van der Waals surface area (Å²) in [4.78, 5) is 18.1. The molecule has 178 valence electrons. The molecule has 0 atom stereocenters. The fourth-order valence-corrected chi connectivity index (χ4v) is 4.00. The number of alkyl halides is 2. The SMILES string of the molecule is COc1c2cc(-n3nc4ccc(OCC(F)F)nc4c(-c4ccc(Cl)cc4)c3=O)ccc2nn1C. The number of aryl methyl sites for hydroxylation is 1. The van der Waals surface area contributed by atoms with Crippen LogP contribution in [-0.4, -0.2) is 44.7 Å². The van der Waals surface area contributed by atoms with E-state index in [2.05, 4.69) is 15.2 Å². The van der Waals surface area contributed by atoms with Gasteiger partial charge in [0.25, 0.3) is 12.0 Å². The van der Waals surface area contributed by atoms with E-state index in [1.165, 1.54) is 10.7 Å². The minimum atomic E-state index is -2.66. The van der Waals surface area contributed by atoms with Crippen LogP contribution in [0.4, 0.5) is 8.78 Å². The third-order valence-corrected chi connectivity index (χ3v) is 5.64. The average molecular weight is 498 g/mol. The predicted molar refractivity (Wildman–Crippen MR) is 128 cm³/mol. The number of fused-ring (bicyclic) bond motifs is 2. The van der Waals surface area contributed by atoms with Crippen molar-refractivity contribution in [3.8, 4) is 28.6 Å². The highest BCUT2D eigenvalue weighted by molar-refractivity contribution is 6.30. The van der Waals surface area contributed by atoms with Crippen LogP contribution in [0.3, 0.4) is 0 Å². The Morgan fingerprint density at radius 1 is 1.03 bits per heavy atom. The van der Waals surface area contributed by atoms with E-state index in [0.717, 1.165) is 0 Å². The molecule has 0 unspecified atom stereocenters. The second-order valence-corrected chi connectivity index (χ2v) is 8.09. The van der Waals surface area contributed by atoms with E-state index in [-0.39, 0.29) is 17.0 Å². The first-order chi connectivity index (χ1) is 16.9. The number of pyridine rings is 1. The molecule has 0 aliphatic heterocycles. The topological polar surface area (TPSA) is 84.1 Å². The molecule has 8 nitrogen and oxygen atoms in total. The maximum Gasteiger partial charge on any atom is 0.281 e. The van der Waals surface area contributed by atoms with Crippen LogP contribution < -0.4 is 15.0 Å². The molecule has 11 heteroatoms. The van der Waals surface area contributed by atoms with Gasteiger partial charge < -0.3 is 9.47 Å². The summed E-state index contributed by atoms with van der Waals surface area (Å²) >= 11 is 6.04. The molecule has 0 fully saturated rings. The van der Waals surface area contributed by atoms with Crippen molar-refractivity contribution in [3.05, 3.63) is 70.0 Å². The fourth-order valence-electron chi connectivity index (χ4n) is 3.88. The largest absolute Gasteiger partial charge is 0.481 e. The summed E-state index contributed by atoms with van der Waals surface area (Å²) in [5.74, 6) is 0.504. The van der Waals surface area contributed by atoms with Gasteiger partial charge in [-0.05, 0) is 42.0 Å². The number of halogens is 3. The molecule has 0 amide bonds. The number of ether oxygens (including phenoxy) is 2. The van der Waals surface area contributed by atoms with Crippen LogP contribution in [0, 0.1) is 0 Å². The summed E-state index contributed by atoms with van der Waals surface area (Å²) < 4.78 is 38.7. The van der Waals surface area contributed by atoms with Crippen LogP contribution in [0.5, 0.6) is 11.8 Å². The number of nitrogens with zero attached hydrogens (tertiary/aromatic N) is 5. The molecular formula is C24H18ClF2N5O3. The van der Waals surface area contributed by atoms with Gasteiger partial charge in [-0.1, -0.05) is 23.7 Å². The summed E-state index contributed by atoms with van der Waals surface area (Å²) in [5, 5.41) is 10.1. The van der Waals surface area contributed by atoms with Crippen molar-refractivity contribution in [2.75, 3.05) is 13.7 Å². The zero-order chi connectivity index (χ0) is 24.7. The lowest BCUT2D eigenvalue weighted by molar-refractivity contribution is 0.0798. The highest BCUT2D eigenvalue weighted by Crippen LogP contribution is 2.29. The van der Waals surface area contributed by atoms with Gasteiger partial charge in [0, 0.05) is 18.1 Å². The molecule has 0 spiro atoms. The number of aromatic nitrogens is 5. The number of hydrogen-bond donors (Lipinski definition) is 0. The van der Waals surface area contributed by atoms with Gasteiger partial charge in [-0.3, -0.25) is 4.79 Å². The van der Waals surface area contributed by atoms with E-state index in [0.29, 0.717) is 38.6 Å². The van der Waals surface area contributed by atoms with Crippen LogP contribution in [0.2, 0.25) is 5.02 Å². The first-order valence-electron chi connectivity index (χ1n) is 10.5. The summed E-state index contributed by atoms with van der Waals surface area (Å²) in [5.41, 5.74) is 2.09. The van der Waals surface area contributed by atoms with Crippen LogP contribution in [0.15, 0.2) is 59.4 Å². The first kappa shape index (κ1) is 22.7. The number of benzene rings is 2. The molecule has 0 aliphatic rings. The Bertz CT molecular complexity index is 1620. The smallest absolute Gasteiger partial charge is 0.281 e. The Balaban J connectivity index is 1.76. The Morgan fingerprint density at radius 3 is 2.49 bits per heavy atom. The van der Waals surface area contributed by atoms with Crippen LogP contribution in [0.1, 0.15) is 0 Å². The van der Waals surface area contributed by atoms with Gasteiger partial charge in [-0.15, -0.1) is 0 Å².